The van der Waals surface area contributed by atoms with Crippen molar-refractivity contribution >= 4 is 5.91 Å². The lowest BCUT2D eigenvalue weighted by molar-refractivity contribution is 0.0721. The summed E-state index contributed by atoms with van der Waals surface area (Å²) in [6, 6.07) is 15.7. The Kier molecular flexibility index (Phi) is 5.30. The molecule has 1 amide bonds. The van der Waals surface area contributed by atoms with E-state index in [9.17, 15) is 4.79 Å². The summed E-state index contributed by atoms with van der Waals surface area (Å²) in [5.74, 6) is 1.74. The van der Waals surface area contributed by atoms with Crippen molar-refractivity contribution in [3.63, 3.8) is 0 Å². The van der Waals surface area contributed by atoms with Crippen LogP contribution in [0.15, 0.2) is 48.5 Å². The van der Waals surface area contributed by atoms with Crippen LogP contribution in [0.4, 0.5) is 0 Å². The van der Waals surface area contributed by atoms with E-state index in [4.69, 9.17) is 9.47 Å². The molecular formula is C22H26N2O3. The monoisotopic (exact) mass is 366 g/mol. The van der Waals surface area contributed by atoms with Crippen LogP contribution in [0.3, 0.4) is 0 Å². The Hall–Kier alpha value is -2.53. The average Bonchev–Trinajstić information content (AvgIpc) is 3.15. The number of ether oxygens (including phenoxy) is 2. The van der Waals surface area contributed by atoms with Crippen molar-refractivity contribution in [1.82, 2.24) is 9.80 Å². The topological polar surface area (TPSA) is 42.0 Å². The quantitative estimate of drug-likeness (QED) is 0.788. The van der Waals surface area contributed by atoms with Crippen molar-refractivity contribution in [2.75, 3.05) is 39.8 Å². The number of benzene rings is 2. The van der Waals surface area contributed by atoms with E-state index in [1.807, 2.05) is 47.4 Å². The fourth-order valence-electron chi connectivity index (χ4n) is 3.94. The molecule has 27 heavy (non-hydrogen) atoms. The summed E-state index contributed by atoms with van der Waals surface area (Å²) < 4.78 is 11.5. The van der Waals surface area contributed by atoms with Crippen LogP contribution < -0.4 is 9.47 Å². The van der Waals surface area contributed by atoms with Crippen LogP contribution in [-0.2, 0) is 6.42 Å². The summed E-state index contributed by atoms with van der Waals surface area (Å²) in [6.07, 6.45) is 2.11. The highest BCUT2D eigenvalue weighted by atomic mass is 16.5. The lowest BCUT2D eigenvalue weighted by Gasteiger charge is -2.30. The molecular weight excluding hydrogens is 340 g/mol. The van der Waals surface area contributed by atoms with E-state index in [2.05, 4.69) is 11.0 Å². The number of likely N-dealkylation sites (tertiary alicyclic amines) is 1. The van der Waals surface area contributed by atoms with Gasteiger partial charge in [0.15, 0.2) is 11.5 Å². The van der Waals surface area contributed by atoms with Gasteiger partial charge in [-0.05, 0) is 36.6 Å². The molecule has 1 saturated heterocycles. The van der Waals surface area contributed by atoms with Crippen LogP contribution in [-0.4, -0.2) is 61.6 Å². The first kappa shape index (κ1) is 17.9. The van der Waals surface area contributed by atoms with E-state index in [0.29, 0.717) is 0 Å². The van der Waals surface area contributed by atoms with Gasteiger partial charge in [-0.3, -0.25) is 9.69 Å². The summed E-state index contributed by atoms with van der Waals surface area (Å²) in [4.78, 5) is 17.0. The second-order valence-electron chi connectivity index (χ2n) is 7.18. The van der Waals surface area contributed by atoms with Crippen molar-refractivity contribution in [3.05, 3.63) is 59.7 Å². The largest absolute Gasteiger partial charge is 0.493 e. The maximum absolute atomic E-state index is 12.7. The molecule has 0 saturated carbocycles. The van der Waals surface area contributed by atoms with E-state index in [1.54, 1.807) is 7.11 Å². The van der Waals surface area contributed by atoms with Crippen molar-refractivity contribution in [2.24, 2.45) is 0 Å². The van der Waals surface area contributed by atoms with Gasteiger partial charge in [0.2, 0.25) is 0 Å². The Morgan fingerprint density at radius 2 is 1.78 bits per heavy atom. The molecule has 2 aliphatic rings. The minimum atomic E-state index is 0.165. The first-order valence-electron chi connectivity index (χ1n) is 9.64. The number of amides is 1. The van der Waals surface area contributed by atoms with Gasteiger partial charge in [0.25, 0.3) is 5.91 Å². The Bertz CT molecular complexity index is 808. The van der Waals surface area contributed by atoms with E-state index in [0.717, 1.165) is 62.6 Å². The first-order chi connectivity index (χ1) is 13.2. The zero-order valence-electron chi connectivity index (χ0n) is 15.8. The molecule has 5 heteroatoms. The zero-order valence-corrected chi connectivity index (χ0v) is 15.8. The summed E-state index contributed by atoms with van der Waals surface area (Å²) in [7, 11) is 1.66. The van der Waals surface area contributed by atoms with Gasteiger partial charge in [0.05, 0.1) is 7.11 Å². The molecule has 2 aromatic carbocycles. The lowest BCUT2D eigenvalue weighted by atomic mass is 9.99. The van der Waals surface area contributed by atoms with Crippen molar-refractivity contribution in [1.29, 1.82) is 0 Å². The van der Waals surface area contributed by atoms with Gasteiger partial charge in [-0.1, -0.05) is 30.3 Å². The Morgan fingerprint density at radius 1 is 1.00 bits per heavy atom. The van der Waals surface area contributed by atoms with Crippen LogP contribution in [0.5, 0.6) is 11.5 Å². The highest BCUT2D eigenvalue weighted by Crippen LogP contribution is 2.28. The standard InChI is InChI=1S/C22H26N2O3/c1-26-20-8-4-5-9-21(20)27-18-11-12-23(16-18)14-15-24-13-10-17-6-2-3-7-19(17)22(24)25/h2-9,18H,10-16H2,1H3/t18-/m1/s1. The molecule has 5 nitrogen and oxygen atoms in total. The number of fused-ring (bicyclic) bond motifs is 1. The average molecular weight is 366 g/mol. The number of hydrogen-bond acceptors (Lipinski definition) is 4. The molecule has 0 N–H and O–H groups in total. The van der Waals surface area contributed by atoms with Crippen LogP contribution in [0.2, 0.25) is 0 Å². The van der Waals surface area contributed by atoms with Crippen LogP contribution in [0, 0.1) is 0 Å². The normalized spacial score (nSPS) is 19.8. The molecule has 0 aromatic heterocycles. The number of rotatable bonds is 6. The van der Waals surface area contributed by atoms with E-state index >= 15 is 0 Å². The van der Waals surface area contributed by atoms with E-state index in [-0.39, 0.29) is 12.0 Å². The molecule has 2 aromatic rings. The molecule has 2 heterocycles. The highest BCUT2D eigenvalue weighted by Gasteiger charge is 2.27. The summed E-state index contributed by atoms with van der Waals surface area (Å²) in [6.45, 7) is 4.36. The number of nitrogens with zero attached hydrogens (tertiary/aromatic N) is 2. The second kappa shape index (κ2) is 8.01. The van der Waals surface area contributed by atoms with Gasteiger partial charge in [0.1, 0.15) is 6.10 Å². The molecule has 4 rings (SSSR count). The third-order valence-corrected chi connectivity index (χ3v) is 5.46. The van der Waals surface area contributed by atoms with Gasteiger partial charge in [-0.25, -0.2) is 0 Å². The molecule has 0 aliphatic carbocycles. The van der Waals surface area contributed by atoms with E-state index in [1.165, 1.54) is 5.56 Å². The summed E-state index contributed by atoms with van der Waals surface area (Å²) in [5, 5.41) is 0. The van der Waals surface area contributed by atoms with Gasteiger partial charge < -0.3 is 14.4 Å². The van der Waals surface area contributed by atoms with Crippen molar-refractivity contribution in [2.45, 2.75) is 18.9 Å². The summed E-state index contributed by atoms with van der Waals surface area (Å²) in [5.41, 5.74) is 2.03. The number of methoxy groups -OCH3 is 1. The minimum Gasteiger partial charge on any atom is -0.493 e. The van der Waals surface area contributed by atoms with Gasteiger partial charge >= 0.3 is 0 Å². The number of carbonyl (C=O) groups excluding carboxylic acids is 1. The Labute approximate surface area is 160 Å². The smallest absolute Gasteiger partial charge is 0.254 e. The number of hydrogen-bond donors (Lipinski definition) is 0. The van der Waals surface area contributed by atoms with Crippen molar-refractivity contribution < 1.29 is 14.3 Å². The maximum atomic E-state index is 12.7. The van der Waals surface area contributed by atoms with Gasteiger partial charge in [-0.2, -0.15) is 0 Å². The van der Waals surface area contributed by atoms with Gasteiger partial charge in [0, 0.05) is 38.3 Å². The van der Waals surface area contributed by atoms with Gasteiger partial charge in [-0.15, -0.1) is 0 Å². The summed E-state index contributed by atoms with van der Waals surface area (Å²) >= 11 is 0. The molecule has 0 spiro atoms. The number of para-hydroxylation sites is 2. The minimum absolute atomic E-state index is 0.165. The van der Waals surface area contributed by atoms with Crippen molar-refractivity contribution in [3.8, 4) is 11.5 Å². The lowest BCUT2D eigenvalue weighted by Crippen LogP contribution is -2.42. The Morgan fingerprint density at radius 3 is 2.63 bits per heavy atom. The van der Waals surface area contributed by atoms with Crippen LogP contribution in [0.1, 0.15) is 22.3 Å². The molecule has 1 fully saturated rings. The van der Waals surface area contributed by atoms with E-state index < -0.39 is 0 Å². The molecule has 0 radical (unpaired) electrons. The fourth-order valence-corrected chi connectivity index (χ4v) is 3.94. The molecule has 1 atom stereocenters. The third kappa shape index (κ3) is 3.93. The predicted octanol–water partition coefficient (Wildman–Crippen LogP) is 2.85. The first-order valence-corrected chi connectivity index (χ1v) is 9.64. The highest BCUT2D eigenvalue weighted by molar-refractivity contribution is 5.96. The molecule has 0 bridgehead atoms. The fraction of sp³-hybridized carbons (Fsp3) is 0.409. The number of carbonyl (C=O) groups is 1. The molecule has 2 aliphatic heterocycles. The van der Waals surface area contributed by atoms with Crippen LogP contribution >= 0.6 is 0 Å². The second-order valence-corrected chi connectivity index (χ2v) is 7.18. The zero-order chi connectivity index (χ0) is 18.6. The third-order valence-electron chi connectivity index (χ3n) is 5.46. The predicted molar refractivity (Wildman–Crippen MR) is 105 cm³/mol. The van der Waals surface area contributed by atoms with Crippen LogP contribution in [0.25, 0.3) is 0 Å². The SMILES string of the molecule is COc1ccccc1O[C@@H]1CCN(CCN2CCc3ccccc3C2=O)C1. The maximum Gasteiger partial charge on any atom is 0.254 e. The Balaban J connectivity index is 1.29. The molecule has 142 valence electrons. The molecule has 0 unspecified atom stereocenters.